The molecule has 1 aromatic carbocycles. The molecule has 1 aromatic rings. The van der Waals surface area contributed by atoms with Gasteiger partial charge in [0.2, 0.25) is 0 Å². The third kappa shape index (κ3) is 1.32. The van der Waals surface area contributed by atoms with Gasteiger partial charge in [0, 0.05) is 0 Å². The van der Waals surface area contributed by atoms with E-state index in [9.17, 15) is 0 Å². The summed E-state index contributed by atoms with van der Waals surface area (Å²) in [6, 6.07) is 6.05. The van der Waals surface area contributed by atoms with E-state index in [0.29, 0.717) is 0 Å². The van der Waals surface area contributed by atoms with Crippen molar-refractivity contribution in [3.63, 3.8) is 0 Å². The van der Waals surface area contributed by atoms with Gasteiger partial charge in [-0.25, -0.2) is 0 Å². The Balaban J connectivity index is 3.30. The zero-order valence-electron chi connectivity index (χ0n) is 6.00. The fourth-order valence-corrected chi connectivity index (χ4v) is 1.27. The third-order valence-corrected chi connectivity index (χ3v) is 1.73. The number of hydrogen-bond donors (Lipinski definition) is 0. The van der Waals surface area contributed by atoms with Gasteiger partial charge in [-0.3, -0.25) is 0 Å². The van der Waals surface area contributed by atoms with Gasteiger partial charge >= 0.3 is 68.2 Å². The van der Waals surface area contributed by atoms with Gasteiger partial charge in [-0.05, 0) is 0 Å². The average molecular weight is 178 g/mol. The molecule has 1 nitrogen and oxygen atoms in total. The van der Waals surface area contributed by atoms with Crippen molar-refractivity contribution in [2.75, 3.05) is 0 Å². The molecule has 0 atom stereocenters. The molecule has 1 rings (SSSR count). The monoisotopic (exact) mass is 177 g/mol. The molecule has 0 aromatic heterocycles. The van der Waals surface area contributed by atoms with Gasteiger partial charge in [0.1, 0.15) is 0 Å². The first-order chi connectivity index (χ1) is 4.75. The summed E-state index contributed by atoms with van der Waals surface area (Å²) in [6.45, 7) is 4.04. The van der Waals surface area contributed by atoms with Crippen molar-refractivity contribution in [2.45, 2.75) is 13.8 Å². The second-order valence-corrected chi connectivity index (χ2v) is 2.53. The Hall–Kier alpha value is -0.486. The second-order valence-electron chi connectivity index (χ2n) is 2.31. The summed E-state index contributed by atoms with van der Waals surface area (Å²) >= 11 is 4.34. The Labute approximate surface area is 68.6 Å². The van der Waals surface area contributed by atoms with E-state index >= 15 is 0 Å². The molecule has 2 heteroatoms. The molecular weight excluding hydrogens is 169 g/mol. The second kappa shape index (κ2) is 3.07. The van der Waals surface area contributed by atoms with Crippen LogP contribution in [-0.4, -0.2) is 0 Å². The average Bonchev–Trinajstić information content (AvgIpc) is 1.88. The molecule has 0 unspecified atom stereocenters. The van der Waals surface area contributed by atoms with Crippen LogP contribution in [0.1, 0.15) is 11.1 Å². The van der Waals surface area contributed by atoms with E-state index in [1.165, 1.54) is 0 Å². The predicted octanol–water partition coefficient (Wildman–Crippen LogP) is 2.67. The van der Waals surface area contributed by atoms with E-state index in [2.05, 4.69) is 19.3 Å². The number of aryl methyl sites for hydroxylation is 2. The van der Waals surface area contributed by atoms with Crippen molar-refractivity contribution in [3.8, 4) is 0 Å². The number of benzene rings is 1. The maximum atomic E-state index is 4.34. The Morgan fingerprint density at radius 3 is 2.00 bits per heavy atom. The topological polar surface area (TPSA) is 12.4 Å². The van der Waals surface area contributed by atoms with Crippen LogP contribution >= 0.6 is 0 Å². The van der Waals surface area contributed by atoms with Crippen LogP contribution in [0.5, 0.6) is 0 Å². The molecule has 0 amide bonds. The molecule has 0 aliphatic heterocycles. The zero-order valence-corrected chi connectivity index (χ0v) is 6.98. The summed E-state index contributed by atoms with van der Waals surface area (Å²) in [5.74, 6) is 0. The first-order valence-electron chi connectivity index (χ1n) is 3.11. The molecule has 0 radical (unpaired) electrons. The minimum absolute atomic E-state index is 0.961. The molecule has 0 fully saturated rings. The Kier molecular flexibility index (Phi) is 2.34. The van der Waals surface area contributed by atoms with Crippen LogP contribution in [-0.2, 0) is 15.3 Å². The molecule has 10 heavy (non-hydrogen) atoms. The van der Waals surface area contributed by atoms with E-state index in [4.69, 9.17) is 0 Å². The number of rotatable bonds is 1. The van der Waals surface area contributed by atoms with Crippen molar-refractivity contribution in [3.05, 3.63) is 29.3 Å². The molecule has 56 valence electrons. The fourth-order valence-electron chi connectivity index (χ4n) is 0.917. The molecule has 0 aliphatic rings. The molecule has 0 bridgehead atoms. The summed E-state index contributed by atoms with van der Waals surface area (Å²) in [6.07, 6.45) is 0. The van der Waals surface area contributed by atoms with Crippen LogP contribution in [0.15, 0.2) is 22.2 Å². The Morgan fingerprint density at radius 1 is 1.20 bits per heavy atom. The fraction of sp³-hybridized carbons (Fsp3) is 0.250. The van der Waals surface area contributed by atoms with Crippen LogP contribution in [0.2, 0.25) is 0 Å². The van der Waals surface area contributed by atoms with Gasteiger partial charge < -0.3 is 0 Å². The maximum absolute atomic E-state index is 4.34. The van der Waals surface area contributed by atoms with Gasteiger partial charge in [0.25, 0.3) is 0 Å². The standard InChI is InChI=1S/C8H9N.Ni/c1-6-4-3-5-7(2)8(6)9;/h3-5H,1-2H3;. The van der Waals surface area contributed by atoms with Crippen LogP contribution in [0.3, 0.4) is 0 Å². The van der Waals surface area contributed by atoms with Gasteiger partial charge in [-0.2, -0.15) is 0 Å². The summed E-state index contributed by atoms with van der Waals surface area (Å²) in [7, 11) is 0. The molecule has 0 saturated heterocycles. The van der Waals surface area contributed by atoms with Crippen LogP contribution < -0.4 is 0 Å². The summed E-state index contributed by atoms with van der Waals surface area (Å²) in [5, 5.41) is 0. The van der Waals surface area contributed by atoms with Crippen molar-refractivity contribution in [2.24, 2.45) is 4.03 Å². The molecule has 0 N–H and O–H groups in total. The molecule has 0 heterocycles. The van der Waals surface area contributed by atoms with Gasteiger partial charge in [0.15, 0.2) is 0 Å². The van der Waals surface area contributed by atoms with Crippen LogP contribution in [0.25, 0.3) is 0 Å². The third-order valence-electron chi connectivity index (χ3n) is 1.51. The number of nitrogens with zero attached hydrogens (tertiary/aromatic N) is 1. The Bertz CT molecular complexity index is 235. The zero-order chi connectivity index (χ0) is 7.56. The van der Waals surface area contributed by atoms with E-state index in [1.807, 2.05) is 32.0 Å². The van der Waals surface area contributed by atoms with Crippen molar-refractivity contribution in [1.82, 2.24) is 0 Å². The SMILES string of the molecule is Cc1cccc(C)c1[N]=[Ni]. The molecule has 0 saturated carbocycles. The van der Waals surface area contributed by atoms with Crippen molar-refractivity contribution in [1.29, 1.82) is 0 Å². The first kappa shape index (κ1) is 7.62. The van der Waals surface area contributed by atoms with E-state index in [-0.39, 0.29) is 0 Å². The van der Waals surface area contributed by atoms with E-state index in [0.717, 1.165) is 16.8 Å². The molecule has 0 spiro atoms. The quantitative estimate of drug-likeness (QED) is 0.586. The molecular formula is C8H9NNi. The van der Waals surface area contributed by atoms with Gasteiger partial charge in [0.05, 0.1) is 0 Å². The summed E-state index contributed by atoms with van der Waals surface area (Å²) in [5.41, 5.74) is 3.28. The van der Waals surface area contributed by atoms with Gasteiger partial charge in [-0.15, -0.1) is 0 Å². The predicted molar refractivity (Wildman–Crippen MR) is 38.0 cm³/mol. The van der Waals surface area contributed by atoms with Crippen molar-refractivity contribution >= 4 is 5.69 Å². The normalized spacial score (nSPS) is 9.60. The first-order valence-corrected chi connectivity index (χ1v) is 3.55. The van der Waals surface area contributed by atoms with Crippen LogP contribution in [0, 0.1) is 13.8 Å². The van der Waals surface area contributed by atoms with Gasteiger partial charge in [-0.1, -0.05) is 0 Å². The van der Waals surface area contributed by atoms with Crippen molar-refractivity contribution < 1.29 is 15.3 Å². The minimum atomic E-state index is 0.961. The Morgan fingerprint density at radius 2 is 1.70 bits per heavy atom. The summed E-state index contributed by atoms with van der Waals surface area (Å²) in [4.78, 5) is 0. The van der Waals surface area contributed by atoms with Crippen LogP contribution in [0.4, 0.5) is 5.69 Å². The molecule has 0 aliphatic carbocycles. The van der Waals surface area contributed by atoms with E-state index < -0.39 is 0 Å². The van der Waals surface area contributed by atoms with E-state index in [1.54, 1.807) is 0 Å². The number of hydrogen-bond acceptors (Lipinski definition) is 1. The summed E-state index contributed by atoms with van der Waals surface area (Å²) < 4.78 is 3.79.